The predicted octanol–water partition coefficient (Wildman–Crippen LogP) is 3.55. The summed E-state index contributed by atoms with van der Waals surface area (Å²) < 4.78 is 5.05. The lowest BCUT2D eigenvalue weighted by atomic mass is 9.97. The van der Waals surface area contributed by atoms with Gasteiger partial charge in [-0.25, -0.2) is 0 Å². The lowest BCUT2D eigenvalue weighted by Crippen LogP contribution is -2.15. The zero-order valence-corrected chi connectivity index (χ0v) is 17.1. The highest BCUT2D eigenvalue weighted by molar-refractivity contribution is 5.74. The molecule has 0 aliphatic heterocycles. The van der Waals surface area contributed by atoms with Gasteiger partial charge in [0, 0.05) is 43.4 Å². The Morgan fingerprint density at radius 3 is 2.66 bits per heavy atom. The molecular weight excluding hydrogens is 364 g/mol. The van der Waals surface area contributed by atoms with Crippen LogP contribution in [0.1, 0.15) is 35.0 Å². The van der Waals surface area contributed by atoms with Gasteiger partial charge in [-0.15, -0.1) is 0 Å². The number of carbonyl (C=O) groups is 1. The maximum atomic E-state index is 11.8. The van der Waals surface area contributed by atoms with Crippen LogP contribution in [0.25, 0.3) is 11.1 Å². The first-order valence-corrected chi connectivity index (χ1v) is 9.73. The number of hydrogen-bond acceptors (Lipinski definition) is 6. The van der Waals surface area contributed by atoms with Gasteiger partial charge in [-0.05, 0) is 43.5 Å². The first-order valence-electron chi connectivity index (χ1n) is 9.73. The summed E-state index contributed by atoms with van der Waals surface area (Å²) in [6.45, 7) is 7.52. The largest absolute Gasteiger partial charge is 0.466 e. The molecule has 0 atom stereocenters. The highest BCUT2D eigenvalue weighted by atomic mass is 16.5. The molecule has 0 amide bonds. The maximum Gasteiger partial charge on any atom is 0.310 e. The van der Waals surface area contributed by atoms with Gasteiger partial charge < -0.3 is 10.1 Å². The second-order valence-corrected chi connectivity index (χ2v) is 6.98. The maximum absolute atomic E-state index is 11.8. The molecule has 6 nitrogen and oxygen atoms in total. The predicted molar refractivity (Wildman–Crippen MR) is 112 cm³/mol. The fraction of sp³-hybridized carbons (Fsp3) is 0.304. The van der Waals surface area contributed by atoms with Gasteiger partial charge in [0.2, 0.25) is 0 Å². The molecule has 150 valence electrons. The minimum Gasteiger partial charge on any atom is -0.466 e. The number of aromatic nitrogens is 3. The van der Waals surface area contributed by atoms with Crippen molar-refractivity contribution in [2.45, 2.75) is 40.3 Å². The Morgan fingerprint density at radius 1 is 1.03 bits per heavy atom. The average Bonchev–Trinajstić information content (AvgIpc) is 2.70. The van der Waals surface area contributed by atoms with Crippen LogP contribution in [0, 0.1) is 13.8 Å². The van der Waals surface area contributed by atoms with Crippen LogP contribution in [0.5, 0.6) is 0 Å². The molecular formula is C23H26N4O2. The summed E-state index contributed by atoms with van der Waals surface area (Å²) in [5.74, 6) is -0.239. The van der Waals surface area contributed by atoms with Crippen LogP contribution in [0.3, 0.4) is 0 Å². The topological polar surface area (TPSA) is 77.0 Å². The van der Waals surface area contributed by atoms with Crippen LogP contribution in [-0.4, -0.2) is 27.5 Å². The van der Waals surface area contributed by atoms with Crippen molar-refractivity contribution in [3.8, 4) is 11.1 Å². The standard InChI is InChI=1S/C23H26N4O2/c1-4-29-23(28)9-18-8-20(13-24-11-18)22-6-5-16(2)7-19(22)12-25-14-21-15-26-17(3)10-27-21/h5-8,10-11,13,15,25H,4,9,12,14H2,1-3H3. The highest BCUT2D eigenvalue weighted by Gasteiger charge is 2.10. The molecule has 2 heterocycles. The first kappa shape index (κ1) is 20.6. The average molecular weight is 390 g/mol. The van der Waals surface area contributed by atoms with E-state index in [1.807, 2.05) is 19.2 Å². The molecule has 0 saturated carbocycles. The van der Waals surface area contributed by atoms with Crippen molar-refractivity contribution < 1.29 is 9.53 Å². The van der Waals surface area contributed by atoms with Crippen LogP contribution < -0.4 is 5.32 Å². The second kappa shape index (κ2) is 9.89. The fourth-order valence-electron chi connectivity index (χ4n) is 3.10. The molecule has 0 unspecified atom stereocenters. The van der Waals surface area contributed by atoms with Crippen molar-refractivity contribution in [2.24, 2.45) is 0 Å². The Hall–Kier alpha value is -3.12. The van der Waals surface area contributed by atoms with E-state index in [0.29, 0.717) is 19.7 Å². The molecule has 3 rings (SSSR count). The fourth-order valence-corrected chi connectivity index (χ4v) is 3.10. The summed E-state index contributed by atoms with van der Waals surface area (Å²) in [5, 5.41) is 3.44. The summed E-state index contributed by atoms with van der Waals surface area (Å²) in [4.78, 5) is 24.8. The molecule has 0 aliphatic rings. The van der Waals surface area contributed by atoms with Crippen molar-refractivity contribution in [3.05, 3.63) is 77.1 Å². The minimum absolute atomic E-state index is 0.222. The van der Waals surface area contributed by atoms with Crippen molar-refractivity contribution in [2.75, 3.05) is 6.61 Å². The molecule has 0 bridgehead atoms. The van der Waals surface area contributed by atoms with Crippen molar-refractivity contribution >= 4 is 5.97 Å². The molecule has 6 heteroatoms. The number of aryl methyl sites for hydroxylation is 2. The summed E-state index contributed by atoms with van der Waals surface area (Å²) in [5.41, 5.74) is 7.09. The number of esters is 1. The molecule has 0 fully saturated rings. The Bertz CT molecular complexity index is 971. The van der Waals surface area contributed by atoms with E-state index in [1.54, 1.807) is 25.5 Å². The van der Waals surface area contributed by atoms with Crippen LogP contribution in [-0.2, 0) is 29.0 Å². The highest BCUT2D eigenvalue weighted by Crippen LogP contribution is 2.25. The van der Waals surface area contributed by atoms with Crippen molar-refractivity contribution in [1.82, 2.24) is 20.3 Å². The van der Waals surface area contributed by atoms with Gasteiger partial charge in [0.15, 0.2) is 0 Å². The Labute approximate surface area is 171 Å². The smallest absolute Gasteiger partial charge is 0.310 e. The van der Waals surface area contributed by atoms with E-state index in [0.717, 1.165) is 28.1 Å². The van der Waals surface area contributed by atoms with Crippen LogP contribution in [0.4, 0.5) is 0 Å². The SMILES string of the molecule is CCOC(=O)Cc1cncc(-c2ccc(C)cc2CNCc2cnc(C)cn2)c1. The molecule has 0 saturated heterocycles. The van der Waals surface area contributed by atoms with Crippen molar-refractivity contribution in [1.29, 1.82) is 0 Å². The van der Waals surface area contributed by atoms with Gasteiger partial charge in [-0.1, -0.05) is 23.8 Å². The van der Waals surface area contributed by atoms with Crippen LogP contribution in [0.2, 0.25) is 0 Å². The number of nitrogens with one attached hydrogen (secondary N) is 1. The van der Waals surface area contributed by atoms with Crippen LogP contribution in [0.15, 0.2) is 49.1 Å². The zero-order valence-electron chi connectivity index (χ0n) is 17.1. The van der Waals surface area contributed by atoms with E-state index in [2.05, 4.69) is 45.4 Å². The van der Waals surface area contributed by atoms with Crippen molar-refractivity contribution in [3.63, 3.8) is 0 Å². The zero-order chi connectivity index (χ0) is 20.6. The van der Waals surface area contributed by atoms with E-state index in [4.69, 9.17) is 4.74 Å². The lowest BCUT2D eigenvalue weighted by molar-refractivity contribution is -0.142. The summed E-state index contributed by atoms with van der Waals surface area (Å²) >= 11 is 0. The van der Waals surface area contributed by atoms with Gasteiger partial charge in [-0.2, -0.15) is 0 Å². The van der Waals surface area contributed by atoms with E-state index >= 15 is 0 Å². The van der Waals surface area contributed by atoms with Gasteiger partial charge in [0.05, 0.1) is 24.4 Å². The third kappa shape index (κ3) is 5.93. The molecule has 0 aliphatic carbocycles. The van der Waals surface area contributed by atoms with Gasteiger partial charge in [-0.3, -0.25) is 19.7 Å². The molecule has 29 heavy (non-hydrogen) atoms. The molecule has 1 aromatic carbocycles. The normalized spacial score (nSPS) is 10.7. The number of carbonyl (C=O) groups excluding carboxylic acids is 1. The van der Waals surface area contributed by atoms with E-state index in [1.165, 1.54) is 11.1 Å². The number of ether oxygens (including phenoxy) is 1. The number of hydrogen-bond donors (Lipinski definition) is 1. The summed E-state index contributed by atoms with van der Waals surface area (Å²) in [7, 11) is 0. The molecule has 1 N–H and O–H groups in total. The Balaban J connectivity index is 1.76. The third-order valence-corrected chi connectivity index (χ3v) is 4.48. The second-order valence-electron chi connectivity index (χ2n) is 6.98. The van der Waals surface area contributed by atoms with Gasteiger partial charge in [0.25, 0.3) is 0 Å². The summed E-state index contributed by atoms with van der Waals surface area (Å²) in [6, 6.07) is 8.36. The monoisotopic (exact) mass is 390 g/mol. The molecule has 0 radical (unpaired) electrons. The van der Waals surface area contributed by atoms with E-state index in [9.17, 15) is 4.79 Å². The summed E-state index contributed by atoms with van der Waals surface area (Å²) in [6.07, 6.45) is 7.33. The Morgan fingerprint density at radius 2 is 1.90 bits per heavy atom. The van der Waals surface area contributed by atoms with Crippen LogP contribution >= 0.6 is 0 Å². The van der Waals surface area contributed by atoms with Gasteiger partial charge in [0.1, 0.15) is 0 Å². The quantitative estimate of drug-likeness (QED) is 0.593. The lowest BCUT2D eigenvalue weighted by Gasteiger charge is -2.13. The third-order valence-electron chi connectivity index (χ3n) is 4.48. The molecule has 0 spiro atoms. The number of rotatable bonds is 8. The van der Waals surface area contributed by atoms with Gasteiger partial charge >= 0.3 is 5.97 Å². The van der Waals surface area contributed by atoms with E-state index < -0.39 is 0 Å². The number of benzene rings is 1. The minimum atomic E-state index is -0.239. The van der Waals surface area contributed by atoms with E-state index in [-0.39, 0.29) is 12.4 Å². The number of pyridine rings is 1. The molecule has 2 aromatic heterocycles. The molecule has 3 aromatic rings. The number of nitrogens with zero attached hydrogens (tertiary/aromatic N) is 3. The first-order chi connectivity index (χ1) is 14.0. The Kier molecular flexibility index (Phi) is 7.03.